The van der Waals surface area contributed by atoms with Crippen molar-refractivity contribution in [1.82, 2.24) is 9.55 Å². The fourth-order valence-electron chi connectivity index (χ4n) is 2.49. The van der Waals surface area contributed by atoms with Crippen LogP contribution in [0.4, 0.5) is 0 Å². The Morgan fingerprint density at radius 1 is 1.33 bits per heavy atom. The maximum Gasteiger partial charge on any atom is 0.140 e. The molecule has 0 aliphatic carbocycles. The molecule has 0 saturated carbocycles. The lowest BCUT2D eigenvalue weighted by Gasteiger charge is -2.23. The van der Waals surface area contributed by atoms with Gasteiger partial charge >= 0.3 is 0 Å². The van der Waals surface area contributed by atoms with Gasteiger partial charge in [-0.05, 0) is 37.1 Å². The van der Waals surface area contributed by atoms with Crippen molar-refractivity contribution in [2.75, 3.05) is 6.61 Å². The molecule has 1 aliphatic heterocycles. The summed E-state index contributed by atoms with van der Waals surface area (Å²) in [5, 5.41) is 10.0. The van der Waals surface area contributed by atoms with Crippen molar-refractivity contribution in [1.29, 1.82) is 0 Å². The Labute approximate surface area is 111 Å². The molecule has 1 N–H and O–H groups in total. The van der Waals surface area contributed by atoms with Crippen LogP contribution in [-0.4, -0.2) is 21.3 Å². The van der Waals surface area contributed by atoms with Gasteiger partial charge in [-0.25, -0.2) is 4.98 Å². The highest BCUT2D eigenvalue weighted by molar-refractivity contribution is 6.30. The summed E-state index contributed by atoms with van der Waals surface area (Å²) in [4.78, 5) is 4.50. The van der Waals surface area contributed by atoms with E-state index in [1.54, 1.807) is 0 Å². The van der Waals surface area contributed by atoms with Gasteiger partial charge < -0.3 is 9.67 Å². The summed E-state index contributed by atoms with van der Waals surface area (Å²) in [6.45, 7) is 1.10. The molecule has 1 aromatic heterocycles. The number of benzene rings is 1. The molecule has 3 nitrogen and oxygen atoms in total. The molecular weight excluding hydrogens is 248 g/mol. The number of halogens is 1. The van der Waals surface area contributed by atoms with Crippen LogP contribution >= 0.6 is 11.6 Å². The first-order valence-corrected chi connectivity index (χ1v) is 6.57. The van der Waals surface area contributed by atoms with Crippen LogP contribution in [0.25, 0.3) is 11.4 Å². The molecule has 2 aromatic rings. The number of rotatable bonds is 2. The average molecular weight is 263 g/mol. The van der Waals surface area contributed by atoms with Crippen LogP contribution < -0.4 is 0 Å². The van der Waals surface area contributed by atoms with Gasteiger partial charge in [0.15, 0.2) is 0 Å². The fraction of sp³-hybridized carbons (Fsp3) is 0.357. The highest BCUT2D eigenvalue weighted by Gasteiger charge is 2.21. The van der Waals surface area contributed by atoms with Crippen LogP contribution in [0.15, 0.2) is 30.5 Å². The maximum atomic E-state index is 9.30. The molecule has 1 aliphatic rings. The average Bonchev–Trinajstić information content (AvgIpc) is 2.82. The molecule has 1 unspecified atom stereocenters. The molecule has 18 heavy (non-hydrogen) atoms. The Kier molecular flexibility index (Phi) is 3.10. The first-order valence-electron chi connectivity index (χ1n) is 6.19. The highest BCUT2D eigenvalue weighted by Crippen LogP contribution is 2.27. The molecule has 2 heterocycles. The summed E-state index contributed by atoms with van der Waals surface area (Å²) in [6.07, 6.45) is 3.98. The smallest absolute Gasteiger partial charge is 0.140 e. The summed E-state index contributed by atoms with van der Waals surface area (Å²) in [7, 11) is 0. The predicted molar refractivity (Wildman–Crippen MR) is 71.6 cm³/mol. The van der Waals surface area contributed by atoms with E-state index in [0.29, 0.717) is 5.92 Å². The molecule has 0 radical (unpaired) electrons. The number of aryl methyl sites for hydroxylation is 1. The van der Waals surface area contributed by atoms with Crippen molar-refractivity contribution in [2.45, 2.75) is 19.4 Å². The van der Waals surface area contributed by atoms with Gasteiger partial charge in [-0.3, -0.25) is 0 Å². The van der Waals surface area contributed by atoms with Crippen LogP contribution in [0.1, 0.15) is 12.1 Å². The number of aliphatic hydroxyl groups is 1. The van der Waals surface area contributed by atoms with E-state index < -0.39 is 0 Å². The number of fused-ring (bicyclic) bond motifs is 1. The normalized spacial score (nSPS) is 18.7. The Hall–Kier alpha value is -1.32. The predicted octanol–water partition coefficient (Wildman–Crippen LogP) is 2.76. The summed E-state index contributed by atoms with van der Waals surface area (Å²) in [5.74, 6) is 1.32. The van der Waals surface area contributed by atoms with Crippen molar-refractivity contribution in [3.63, 3.8) is 0 Å². The molecule has 3 rings (SSSR count). The molecule has 1 aromatic carbocycles. The zero-order chi connectivity index (χ0) is 12.5. The van der Waals surface area contributed by atoms with Crippen LogP contribution in [0.2, 0.25) is 5.02 Å². The van der Waals surface area contributed by atoms with Gasteiger partial charge in [-0.1, -0.05) is 11.6 Å². The fourth-order valence-corrected chi connectivity index (χ4v) is 2.62. The molecule has 0 amide bonds. The van der Waals surface area contributed by atoms with Gasteiger partial charge in [-0.2, -0.15) is 0 Å². The highest BCUT2D eigenvalue weighted by atomic mass is 35.5. The van der Waals surface area contributed by atoms with Crippen LogP contribution in [-0.2, 0) is 13.0 Å². The third kappa shape index (κ3) is 2.04. The number of imidazole rings is 1. The van der Waals surface area contributed by atoms with E-state index in [1.807, 2.05) is 30.5 Å². The lowest BCUT2D eigenvalue weighted by Crippen LogP contribution is -2.22. The van der Waals surface area contributed by atoms with E-state index in [2.05, 4.69) is 9.55 Å². The molecule has 0 fully saturated rings. The Bertz CT molecular complexity index is 547. The third-order valence-electron chi connectivity index (χ3n) is 3.55. The molecule has 4 heteroatoms. The quantitative estimate of drug-likeness (QED) is 0.904. The van der Waals surface area contributed by atoms with Crippen LogP contribution in [0, 0.1) is 5.92 Å². The zero-order valence-corrected chi connectivity index (χ0v) is 10.8. The number of aromatic nitrogens is 2. The molecule has 0 bridgehead atoms. The van der Waals surface area contributed by atoms with Crippen molar-refractivity contribution >= 4 is 11.6 Å². The van der Waals surface area contributed by atoms with Gasteiger partial charge in [0, 0.05) is 41.5 Å². The Morgan fingerprint density at radius 2 is 2.11 bits per heavy atom. The van der Waals surface area contributed by atoms with Crippen molar-refractivity contribution in [3.05, 3.63) is 41.2 Å². The van der Waals surface area contributed by atoms with Crippen molar-refractivity contribution in [2.24, 2.45) is 5.92 Å². The van der Waals surface area contributed by atoms with Gasteiger partial charge in [0.2, 0.25) is 0 Å². The van der Waals surface area contributed by atoms with E-state index in [4.69, 9.17) is 11.6 Å². The molecule has 0 spiro atoms. The van der Waals surface area contributed by atoms with Gasteiger partial charge in [0.05, 0.1) is 0 Å². The lowest BCUT2D eigenvalue weighted by molar-refractivity contribution is 0.192. The standard InChI is InChI=1S/C14H15ClN2O/c15-12-4-2-11(3-5-12)14-16-7-13-6-1-10(9-18)8-17(13)14/h2-5,7,10,18H,1,6,8-9H2. The van der Waals surface area contributed by atoms with Gasteiger partial charge in [0.1, 0.15) is 5.82 Å². The van der Waals surface area contributed by atoms with Crippen LogP contribution in [0.5, 0.6) is 0 Å². The summed E-state index contributed by atoms with van der Waals surface area (Å²) in [5.41, 5.74) is 2.33. The van der Waals surface area contributed by atoms with E-state index in [9.17, 15) is 5.11 Å². The second-order valence-corrected chi connectivity index (χ2v) is 5.21. The molecule has 94 valence electrons. The Morgan fingerprint density at radius 3 is 2.83 bits per heavy atom. The first-order chi connectivity index (χ1) is 8.78. The minimum Gasteiger partial charge on any atom is -0.396 e. The zero-order valence-electron chi connectivity index (χ0n) is 10.0. The second kappa shape index (κ2) is 4.75. The summed E-state index contributed by atoms with van der Waals surface area (Å²) in [6, 6.07) is 7.73. The second-order valence-electron chi connectivity index (χ2n) is 4.78. The topological polar surface area (TPSA) is 38.1 Å². The minimum absolute atomic E-state index is 0.248. The van der Waals surface area contributed by atoms with Crippen molar-refractivity contribution < 1.29 is 5.11 Å². The number of nitrogens with zero attached hydrogens (tertiary/aromatic N) is 2. The number of hydrogen-bond donors (Lipinski definition) is 1. The minimum atomic E-state index is 0.248. The van der Waals surface area contributed by atoms with E-state index >= 15 is 0 Å². The van der Waals surface area contributed by atoms with E-state index in [1.165, 1.54) is 5.69 Å². The van der Waals surface area contributed by atoms with E-state index in [-0.39, 0.29) is 6.61 Å². The lowest BCUT2D eigenvalue weighted by atomic mass is 9.99. The monoisotopic (exact) mass is 262 g/mol. The van der Waals surface area contributed by atoms with Crippen molar-refractivity contribution in [3.8, 4) is 11.4 Å². The molecular formula is C14H15ClN2O. The molecule has 0 saturated heterocycles. The van der Waals surface area contributed by atoms with Gasteiger partial charge in [0.25, 0.3) is 0 Å². The largest absolute Gasteiger partial charge is 0.396 e. The maximum absolute atomic E-state index is 9.30. The summed E-state index contributed by atoms with van der Waals surface area (Å²) < 4.78 is 2.22. The number of aliphatic hydroxyl groups excluding tert-OH is 1. The van der Waals surface area contributed by atoms with E-state index in [0.717, 1.165) is 35.8 Å². The number of hydrogen-bond acceptors (Lipinski definition) is 2. The van der Waals surface area contributed by atoms with Crippen LogP contribution in [0.3, 0.4) is 0 Å². The third-order valence-corrected chi connectivity index (χ3v) is 3.80. The SMILES string of the molecule is OCC1CCc2cnc(-c3ccc(Cl)cc3)n2C1. The van der Waals surface area contributed by atoms with Gasteiger partial charge in [-0.15, -0.1) is 0 Å². The molecule has 1 atom stereocenters. The summed E-state index contributed by atoms with van der Waals surface area (Å²) >= 11 is 5.90. The first kappa shape index (κ1) is 11.8. The Balaban J connectivity index is 1.99.